The molecule has 0 atom stereocenters. The largest absolute Gasteiger partial charge is 0.497 e. The van der Waals surface area contributed by atoms with Gasteiger partial charge in [0.25, 0.3) is 0 Å². The molecule has 0 aliphatic heterocycles. The fourth-order valence-corrected chi connectivity index (χ4v) is 2.39. The molecule has 0 bridgehead atoms. The Morgan fingerprint density at radius 3 is 2.38 bits per heavy atom. The summed E-state index contributed by atoms with van der Waals surface area (Å²) < 4.78 is 16.8. The summed E-state index contributed by atoms with van der Waals surface area (Å²) in [5.74, 6) is 2.12. The Hall–Kier alpha value is -2.69. The molecule has 5 nitrogen and oxygen atoms in total. The highest BCUT2D eigenvalue weighted by Gasteiger charge is 2.07. The molecule has 0 radical (unpaired) electrons. The summed E-state index contributed by atoms with van der Waals surface area (Å²) in [6.07, 6.45) is 1.32. The van der Waals surface area contributed by atoms with E-state index in [9.17, 15) is 0 Å². The maximum absolute atomic E-state index is 8.73. The minimum absolute atomic E-state index is 0.367. The molecule has 0 spiro atoms. The van der Waals surface area contributed by atoms with Crippen LogP contribution in [0.1, 0.15) is 22.3 Å². The van der Waals surface area contributed by atoms with Crippen molar-refractivity contribution < 1.29 is 19.4 Å². The molecule has 2 aromatic carbocycles. The van der Waals surface area contributed by atoms with Gasteiger partial charge >= 0.3 is 0 Å². The zero-order valence-corrected chi connectivity index (χ0v) is 14.5. The van der Waals surface area contributed by atoms with E-state index in [0.717, 1.165) is 11.3 Å². The average molecular weight is 329 g/mol. The van der Waals surface area contributed by atoms with Crippen LogP contribution in [0.25, 0.3) is 0 Å². The fourth-order valence-electron chi connectivity index (χ4n) is 2.39. The Morgan fingerprint density at radius 1 is 1.00 bits per heavy atom. The first-order valence-corrected chi connectivity index (χ1v) is 7.74. The second-order valence-corrected chi connectivity index (χ2v) is 5.55. The van der Waals surface area contributed by atoms with E-state index < -0.39 is 0 Å². The standard InChI is InChI=1S/C19H23NO4/c1-13-9-14(2)15(3)18(10-13)23-7-8-24-19-11-17(22-4)6-5-16(19)12-20-21/h5-6,9-12,21H,7-8H2,1-4H3. The van der Waals surface area contributed by atoms with Crippen LogP contribution in [0.15, 0.2) is 35.5 Å². The van der Waals surface area contributed by atoms with Crippen molar-refractivity contribution in [1.82, 2.24) is 0 Å². The van der Waals surface area contributed by atoms with Gasteiger partial charge in [-0.05, 0) is 55.7 Å². The number of methoxy groups -OCH3 is 1. The Labute approximate surface area is 142 Å². The maximum atomic E-state index is 8.73. The van der Waals surface area contributed by atoms with Crippen LogP contribution >= 0.6 is 0 Å². The molecule has 0 fully saturated rings. The predicted molar refractivity (Wildman–Crippen MR) is 94.0 cm³/mol. The zero-order valence-electron chi connectivity index (χ0n) is 14.5. The molecular weight excluding hydrogens is 306 g/mol. The van der Waals surface area contributed by atoms with Gasteiger partial charge in [0.05, 0.1) is 13.3 Å². The van der Waals surface area contributed by atoms with Gasteiger partial charge in [-0.25, -0.2) is 0 Å². The lowest BCUT2D eigenvalue weighted by Gasteiger charge is -2.14. The third-order valence-electron chi connectivity index (χ3n) is 3.78. The van der Waals surface area contributed by atoms with Crippen molar-refractivity contribution in [2.24, 2.45) is 5.16 Å². The van der Waals surface area contributed by atoms with Gasteiger partial charge in [-0.15, -0.1) is 0 Å². The molecule has 0 aliphatic carbocycles. The van der Waals surface area contributed by atoms with Crippen LogP contribution in [-0.2, 0) is 0 Å². The van der Waals surface area contributed by atoms with Crippen molar-refractivity contribution in [1.29, 1.82) is 0 Å². The first-order valence-electron chi connectivity index (χ1n) is 7.74. The van der Waals surface area contributed by atoms with E-state index in [4.69, 9.17) is 19.4 Å². The van der Waals surface area contributed by atoms with Gasteiger partial charge in [-0.3, -0.25) is 0 Å². The third kappa shape index (κ3) is 4.41. The number of ether oxygens (including phenoxy) is 3. The topological polar surface area (TPSA) is 60.3 Å². The van der Waals surface area contributed by atoms with Crippen molar-refractivity contribution >= 4 is 6.21 Å². The van der Waals surface area contributed by atoms with Crippen LogP contribution in [0.4, 0.5) is 0 Å². The lowest BCUT2D eigenvalue weighted by atomic mass is 10.1. The molecule has 0 aliphatic rings. The van der Waals surface area contributed by atoms with Gasteiger partial charge in [0.15, 0.2) is 0 Å². The molecule has 1 N–H and O–H groups in total. The summed E-state index contributed by atoms with van der Waals surface area (Å²) in [7, 11) is 1.59. The average Bonchev–Trinajstić information content (AvgIpc) is 2.57. The number of oxime groups is 1. The first kappa shape index (κ1) is 17.7. The molecule has 0 heterocycles. The number of hydrogen-bond donors (Lipinski definition) is 1. The van der Waals surface area contributed by atoms with Crippen molar-refractivity contribution in [3.63, 3.8) is 0 Å². The second kappa shape index (κ2) is 8.24. The third-order valence-corrected chi connectivity index (χ3v) is 3.78. The zero-order chi connectivity index (χ0) is 17.5. The molecule has 5 heteroatoms. The molecule has 0 saturated carbocycles. The van der Waals surface area contributed by atoms with Crippen molar-refractivity contribution in [2.75, 3.05) is 20.3 Å². The van der Waals surface area contributed by atoms with Crippen molar-refractivity contribution in [3.8, 4) is 17.2 Å². The second-order valence-electron chi connectivity index (χ2n) is 5.55. The van der Waals surface area contributed by atoms with E-state index in [-0.39, 0.29) is 0 Å². The normalized spacial score (nSPS) is 10.8. The SMILES string of the molecule is COc1ccc(C=NO)c(OCCOc2cc(C)cc(C)c2C)c1. The van der Waals surface area contributed by atoms with Crippen LogP contribution in [0.2, 0.25) is 0 Å². The van der Waals surface area contributed by atoms with E-state index in [1.165, 1.54) is 17.3 Å². The monoisotopic (exact) mass is 329 g/mol. The van der Waals surface area contributed by atoms with Gasteiger partial charge in [-0.2, -0.15) is 0 Å². The molecule has 0 aromatic heterocycles. The molecule has 2 rings (SSSR count). The van der Waals surface area contributed by atoms with Crippen LogP contribution in [0, 0.1) is 20.8 Å². The van der Waals surface area contributed by atoms with Gasteiger partial charge in [0.1, 0.15) is 30.5 Å². The minimum Gasteiger partial charge on any atom is -0.497 e. The van der Waals surface area contributed by atoms with E-state index in [1.807, 2.05) is 19.9 Å². The summed E-state index contributed by atoms with van der Waals surface area (Å²) in [5, 5.41) is 11.8. The van der Waals surface area contributed by atoms with Gasteiger partial charge < -0.3 is 19.4 Å². The maximum Gasteiger partial charge on any atom is 0.132 e. The molecule has 2 aromatic rings. The van der Waals surface area contributed by atoms with E-state index in [1.54, 1.807) is 25.3 Å². The number of nitrogens with zero attached hydrogens (tertiary/aromatic N) is 1. The van der Waals surface area contributed by atoms with Crippen LogP contribution in [0.5, 0.6) is 17.2 Å². The predicted octanol–water partition coefficient (Wildman–Crippen LogP) is 3.89. The Morgan fingerprint density at radius 2 is 1.71 bits per heavy atom. The van der Waals surface area contributed by atoms with Gasteiger partial charge in [0.2, 0.25) is 0 Å². The van der Waals surface area contributed by atoms with Gasteiger partial charge in [0, 0.05) is 11.6 Å². The van der Waals surface area contributed by atoms with Crippen LogP contribution in [0.3, 0.4) is 0 Å². The quantitative estimate of drug-likeness (QED) is 0.362. The Balaban J connectivity index is 2.00. The molecule has 128 valence electrons. The molecule has 24 heavy (non-hydrogen) atoms. The highest BCUT2D eigenvalue weighted by Crippen LogP contribution is 2.25. The van der Waals surface area contributed by atoms with Crippen molar-refractivity contribution in [2.45, 2.75) is 20.8 Å². The number of rotatable bonds is 7. The summed E-state index contributed by atoms with van der Waals surface area (Å²) in [5.41, 5.74) is 4.18. The first-order chi connectivity index (χ1) is 11.5. The van der Waals surface area contributed by atoms with Crippen LogP contribution < -0.4 is 14.2 Å². The van der Waals surface area contributed by atoms with Crippen molar-refractivity contribution in [3.05, 3.63) is 52.6 Å². The minimum atomic E-state index is 0.367. The van der Waals surface area contributed by atoms with E-state index in [2.05, 4.69) is 18.1 Å². The highest BCUT2D eigenvalue weighted by molar-refractivity contribution is 5.83. The lowest BCUT2D eigenvalue weighted by molar-refractivity contribution is 0.215. The molecule has 0 saturated heterocycles. The summed E-state index contributed by atoms with van der Waals surface area (Å²) in [4.78, 5) is 0. The summed E-state index contributed by atoms with van der Waals surface area (Å²) in [6, 6.07) is 9.45. The fraction of sp³-hybridized carbons (Fsp3) is 0.316. The molecule has 0 amide bonds. The highest BCUT2D eigenvalue weighted by atomic mass is 16.5. The van der Waals surface area contributed by atoms with E-state index >= 15 is 0 Å². The smallest absolute Gasteiger partial charge is 0.132 e. The van der Waals surface area contributed by atoms with Crippen LogP contribution in [-0.4, -0.2) is 31.7 Å². The van der Waals surface area contributed by atoms with Gasteiger partial charge in [-0.1, -0.05) is 11.2 Å². The molecule has 0 unspecified atom stereocenters. The number of aryl methyl sites for hydroxylation is 2. The van der Waals surface area contributed by atoms with E-state index in [0.29, 0.717) is 30.3 Å². The number of hydrogen-bond acceptors (Lipinski definition) is 5. The lowest BCUT2D eigenvalue weighted by Crippen LogP contribution is -2.11. The summed E-state index contributed by atoms with van der Waals surface area (Å²) >= 11 is 0. The Bertz CT molecular complexity index is 726. The molecular formula is C19H23NO4. The Kier molecular flexibility index (Phi) is 6.07. The summed E-state index contributed by atoms with van der Waals surface area (Å²) in [6.45, 7) is 6.94. The number of benzene rings is 2.